The molecule has 1 rings (SSSR count). The molecule has 19 heavy (non-hydrogen) atoms. The topological polar surface area (TPSA) is 94.6 Å². The molecule has 0 bridgehead atoms. The van der Waals surface area contributed by atoms with Gasteiger partial charge in [0.05, 0.1) is 6.07 Å². The number of nitrogens with one attached hydrogen (secondary N) is 1. The summed E-state index contributed by atoms with van der Waals surface area (Å²) in [6, 6.07) is 2.43. The standard InChI is InChI=1S/C12H18N2O5/c1-9(2)8-18-7-3-6-13-12(15)10-4-5-11(19-10)14(16)17/h4-5,9H,3,6-8H2,1-2H3,(H,13,15). The minimum Gasteiger partial charge on any atom is -0.395 e. The molecule has 0 aliphatic heterocycles. The molecule has 0 saturated carbocycles. The average molecular weight is 270 g/mol. The maximum atomic E-state index is 11.6. The molecular formula is C12H18N2O5. The second-order valence-corrected chi connectivity index (χ2v) is 4.47. The Kier molecular flexibility index (Phi) is 6.01. The molecule has 1 amide bonds. The van der Waals surface area contributed by atoms with Crippen molar-refractivity contribution in [1.29, 1.82) is 0 Å². The summed E-state index contributed by atoms with van der Waals surface area (Å²) in [4.78, 5) is 21.3. The normalized spacial score (nSPS) is 10.7. The van der Waals surface area contributed by atoms with Gasteiger partial charge in [0.15, 0.2) is 5.76 Å². The molecular weight excluding hydrogens is 252 g/mol. The lowest BCUT2D eigenvalue weighted by molar-refractivity contribution is -0.402. The van der Waals surface area contributed by atoms with Crippen molar-refractivity contribution < 1.29 is 18.9 Å². The molecule has 0 unspecified atom stereocenters. The third kappa shape index (κ3) is 5.52. The number of nitrogens with zero attached hydrogens (tertiary/aromatic N) is 1. The van der Waals surface area contributed by atoms with Crippen molar-refractivity contribution in [2.24, 2.45) is 5.92 Å². The molecule has 1 aromatic heterocycles. The van der Waals surface area contributed by atoms with Crippen LogP contribution < -0.4 is 5.32 Å². The van der Waals surface area contributed by atoms with Gasteiger partial charge in [0.2, 0.25) is 0 Å². The number of hydrogen-bond donors (Lipinski definition) is 1. The van der Waals surface area contributed by atoms with E-state index in [1.807, 2.05) is 0 Å². The van der Waals surface area contributed by atoms with E-state index in [9.17, 15) is 14.9 Å². The van der Waals surface area contributed by atoms with Crippen LogP contribution in [0.2, 0.25) is 0 Å². The lowest BCUT2D eigenvalue weighted by atomic mass is 10.2. The number of carbonyl (C=O) groups excluding carboxylic acids is 1. The highest BCUT2D eigenvalue weighted by atomic mass is 16.6. The molecule has 0 spiro atoms. The smallest absolute Gasteiger partial charge is 0.395 e. The molecule has 0 fully saturated rings. The molecule has 106 valence electrons. The molecule has 1 aromatic rings. The average Bonchev–Trinajstić information content (AvgIpc) is 2.82. The Morgan fingerprint density at radius 3 is 2.84 bits per heavy atom. The summed E-state index contributed by atoms with van der Waals surface area (Å²) in [5, 5.41) is 13.0. The van der Waals surface area contributed by atoms with E-state index in [4.69, 9.17) is 9.15 Å². The summed E-state index contributed by atoms with van der Waals surface area (Å²) in [6.07, 6.45) is 0.682. The van der Waals surface area contributed by atoms with Crippen LogP contribution in [-0.4, -0.2) is 30.6 Å². The third-order valence-electron chi connectivity index (χ3n) is 2.20. The first kappa shape index (κ1) is 15.2. The van der Waals surface area contributed by atoms with Gasteiger partial charge in [-0.25, -0.2) is 0 Å². The van der Waals surface area contributed by atoms with Gasteiger partial charge in [0, 0.05) is 19.8 Å². The molecule has 0 aromatic carbocycles. The summed E-state index contributed by atoms with van der Waals surface area (Å²) in [6.45, 7) is 5.82. The summed E-state index contributed by atoms with van der Waals surface area (Å²) in [5.41, 5.74) is 0. The van der Waals surface area contributed by atoms with Crippen LogP contribution in [0.1, 0.15) is 30.8 Å². The minimum absolute atomic E-state index is 0.0604. The van der Waals surface area contributed by atoms with Crippen LogP contribution in [0.3, 0.4) is 0 Å². The summed E-state index contributed by atoms with van der Waals surface area (Å²) in [5.74, 6) is -0.476. The number of furan rings is 1. The zero-order chi connectivity index (χ0) is 14.3. The number of carbonyl (C=O) groups is 1. The van der Waals surface area contributed by atoms with Crippen molar-refractivity contribution in [3.05, 3.63) is 28.0 Å². The van der Waals surface area contributed by atoms with E-state index in [0.29, 0.717) is 32.1 Å². The van der Waals surface area contributed by atoms with E-state index in [1.54, 1.807) is 0 Å². The summed E-state index contributed by atoms with van der Waals surface area (Å²) < 4.78 is 10.1. The van der Waals surface area contributed by atoms with Gasteiger partial charge in [-0.15, -0.1) is 0 Å². The molecule has 0 radical (unpaired) electrons. The van der Waals surface area contributed by atoms with Gasteiger partial charge in [-0.05, 0) is 18.4 Å². The number of amides is 1. The van der Waals surface area contributed by atoms with Gasteiger partial charge in [-0.3, -0.25) is 14.9 Å². The number of nitro groups is 1. The number of hydrogen-bond acceptors (Lipinski definition) is 5. The summed E-state index contributed by atoms with van der Waals surface area (Å²) >= 11 is 0. The fourth-order valence-electron chi connectivity index (χ4n) is 1.33. The Bertz CT molecular complexity index is 428. The number of rotatable bonds is 8. The predicted octanol–water partition coefficient (Wildman–Crippen LogP) is 1.98. The SMILES string of the molecule is CC(C)COCCCNC(=O)c1ccc([N+](=O)[O-])o1. The van der Waals surface area contributed by atoms with Crippen molar-refractivity contribution in [1.82, 2.24) is 5.32 Å². The Balaban J connectivity index is 2.22. The van der Waals surface area contributed by atoms with Gasteiger partial charge in [-0.2, -0.15) is 0 Å². The fraction of sp³-hybridized carbons (Fsp3) is 0.583. The first-order valence-corrected chi connectivity index (χ1v) is 6.11. The van der Waals surface area contributed by atoms with Crippen LogP contribution in [0.15, 0.2) is 16.5 Å². The first-order chi connectivity index (χ1) is 9.00. The maximum absolute atomic E-state index is 11.6. The molecule has 0 atom stereocenters. The predicted molar refractivity (Wildman–Crippen MR) is 68.0 cm³/mol. The van der Waals surface area contributed by atoms with E-state index in [0.717, 1.165) is 6.07 Å². The van der Waals surface area contributed by atoms with Crippen molar-refractivity contribution in [3.8, 4) is 0 Å². The third-order valence-corrected chi connectivity index (χ3v) is 2.20. The Labute approximate surface area is 111 Å². The lowest BCUT2D eigenvalue weighted by Crippen LogP contribution is -2.25. The van der Waals surface area contributed by atoms with Gasteiger partial charge in [-0.1, -0.05) is 13.8 Å². The molecule has 0 saturated heterocycles. The van der Waals surface area contributed by atoms with Crippen LogP contribution in [-0.2, 0) is 4.74 Å². The summed E-state index contributed by atoms with van der Waals surface area (Å²) in [7, 11) is 0. The van der Waals surface area contributed by atoms with Gasteiger partial charge >= 0.3 is 5.88 Å². The largest absolute Gasteiger partial charge is 0.433 e. The quantitative estimate of drug-likeness (QED) is 0.442. The van der Waals surface area contributed by atoms with Crippen LogP contribution in [0, 0.1) is 16.0 Å². The Morgan fingerprint density at radius 1 is 1.53 bits per heavy atom. The fourth-order valence-corrected chi connectivity index (χ4v) is 1.33. The zero-order valence-corrected chi connectivity index (χ0v) is 11.0. The van der Waals surface area contributed by atoms with Gasteiger partial charge < -0.3 is 14.5 Å². The molecule has 1 N–H and O–H groups in total. The highest BCUT2D eigenvalue weighted by molar-refractivity contribution is 5.91. The molecule has 1 heterocycles. The highest BCUT2D eigenvalue weighted by Crippen LogP contribution is 2.15. The van der Waals surface area contributed by atoms with Crippen LogP contribution in [0.5, 0.6) is 0 Å². The van der Waals surface area contributed by atoms with E-state index in [1.165, 1.54) is 6.07 Å². The van der Waals surface area contributed by atoms with Crippen molar-refractivity contribution >= 4 is 11.8 Å². The second-order valence-electron chi connectivity index (χ2n) is 4.47. The van der Waals surface area contributed by atoms with E-state index >= 15 is 0 Å². The van der Waals surface area contributed by atoms with Crippen molar-refractivity contribution in [2.75, 3.05) is 19.8 Å². The second kappa shape index (κ2) is 7.52. The van der Waals surface area contributed by atoms with Gasteiger partial charge in [0.25, 0.3) is 5.91 Å². The highest BCUT2D eigenvalue weighted by Gasteiger charge is 2.16. The van der Waals surface area contributed by atoms with E-state index in [2.05, 4.69) is 19.2 Å². The molecule has 0 aliphatic carbocycles. The molecule has 7 heteroatoms. The minimum atomic E-state index is -0.684. The van der Waals surface area contributed by atoms with Crippen molar-refractivity contribution in [3.63, 3.8) is 0 Å². The first-order valence-electron chi connectivity index (χ1n) is 6.11. The van der Waals surface area contributed by atoms with Gasteiger partial charge in [0.1, 0.15) is 4.92 Å². The zero-order valence-electron chi connectivity index (χ0n) is 11.0. The van der Waals surface area contributed by atoms with E-state index < -0.39 is 16.7 Å². The monoisotopic (exact) mass is 270 g/mol. The lowest BCUT2D eigenvalue weighted by Gasteiger charge is -2.06. The maximum Gasteiger partial charge on any atom is 0.433 e. The number of ether oxygens (including phenoxy) is 1. The molecule has 7 nitrogen and oxygen atoms in total. The van der Waals surface area contributed by atoms with Crippen LogP contribution in [0.25, 0.3) is 0 Å². The Morgan fingerprint density at radius 2 is 2.26 bits per heavy atom. The van der Waals surface area contributed by atoms with E-state index in [-0.39, 0.29) is 5.76 Å². The van der Waals surface area contributed by atoms with Crippen LogP contribution in [0.4, 0.5) is 5.88 Å². The van der Waals surface area contributed by atoms with Crippen molar-refractivity contribution in [2.45, 2.75) is 20.3 Å². The van der Waals surface area contributed by atoms with Crippen LogP contribution >= 0.6 is 0 Å². The molecule has 0 aliphatic rings. The Hall–Kier alpha value is -1.89.